The Morgan fingerprint density at radius 2 is 1.71 bits per heavy atom. The molecule has 0 aliphatic rings. The lowest BCUT2D eigenvalue weighted by atomic mass is 10.1. The van der Waals surface area contributed by atoms with Gasteiger partial charge < -0.3 is 4.74 Å². The van der Waals surface area contributed by atoms with Crippen LogP contribution in [-0.4, -0.2) is 5.84 Å². The van der Waals surface area contributed by atoms with E-state index in [1.807, 2.05) is 67.7 Å². The predicted molar refractivity (Wildman–Crippen MR) is 83.2 cm³/mol. The third kappa shape index (κ3) is 4.36. The van der Waals surface area contributed by atoms with E-state index in [2.05, 4.69) is 10.3 Å². The fourth-order valence-corrected chi connectivity index (χ4v) is 1.92. The first-order chi connectivity index (χ1) is 10.2. The Morgan fingerprint density at radius 1 is 1.10 bits per heavy atom. The summed E-state index contributed by atoms with van der Waals surface area (Å²) in [4.78, 5) is 4.39. The van der Waals surface area contributed by atoms with Crippen molar-refractivity contribution in [2.45, 2.75) is 19.9 Å². The number of ether oxygens (including phenoxy) is 1. The molecular weight excluding hydrogens is 262 g/mol. The van der Waals surface area contributed by atoms with Crippen molar-refractivity contribution in [2.24, 2.45) is 4.99 Å². The number of benzene rings is 2. The Kier molecular flexibility index (Phi) is 4.94. The predicted octanol–water partition coefficient (Wildman–Crippen LogP) is 4.03. The third-order valence-electron chi connectivity index (χ3n) is 2.97. The first kappa shape index (κ1) is 14.6. The van der Waals surface area contributed by atoms with E-state index in [0.717, 1.165) is 17.1 Å². The normalized spacial score (nSPS) is 12.3. The first-order valence-electron chi connectivity index (χ1n) is 6.71. The van der Waals surface area contributed by atoms with E-state index in [1.54, 1.807) is 6.92 Å². The zero-order chi connectivity index (χ0) is 15.1. The summed E-state index contributed by atoms with van der Waals surface area (Å²) >= 11 is 0. The summed E-state index contributed by atoms with van der Waals surface area (Å²) in [5.74, 6) is 2.20. The largest absolute Gasteiger partial charge is 0.457 e. The van der Waals surface area contributed by atoms with Gasteiger partial charge in [0.05, 0.1) is 6.04 Å². The van der Waals surface area contributed by atoms with Gasteiger partial charge in [-0.05, 0) is 43.7 Å². The van der Waals surface area contributed by atoms with Crippen LogP contribution in [0.5, 0.6) is 11.5 Å². The van der Waals surface area contributed by atoms with Crippen LogP contribution in [0.1, 0.15) is 25.5 Å². The van der Waals surface area contributed by atoms with Crippen LogP contribution in [0, 0.1) is 11.5 Å². The Bertz CT molecular complexity index is 642. The van der Waals surface area contributed by atoms with E-state index in [-0.39, 0.29) is 6.04 Å². The average molecular weight is 279 g/mol. The SMILES string of the molecule is CC(=N[C@H](C)c1ccc(Oc2ccccc2)cc1)NC#N. The van der Waals surface area contributed by atoms with Gasteiger partial charge in [-0.15, -0.1) is 0 Å². The van der Waals surface area contributed by atoms with Crippen molar-refractivity contribution in [2.75, 3.05) is 0 Å². The molecule has 0 saturated carbocycles. The molecule has 1 N–H and O–H groups in total. The van der Waals surface area contributed by atoms with Crippen molar-refractivity contribution in [3.05, 3.63) is 60.2 Å². The third-order valence-corrected chi connectivity index (χ3v) is 2.97. The second kappa shape index (κ2) is 7.11. The number of rotatable bonds is 4. The van der Waals surface area contributed by atoms with E-state index in [1.165, 1.54) is 0 Å². The molecule has 0 amide bonds. The molecule has 2 aromatic rings. The van der Waals surface area contributed by atoms with Gasteiger partial charge in [-0.3, -0.25) is 10.3 Å². The van der Waals surface area contributed by atoms with Crippen LogP contribution >= 0.6 is 0 Å². The Morgan fingerprint density at radius 3 is 2.33 bits per heavy atom. The molecule has 0 spiro atoms. The van der Waals surface area contributed by atoms with Crippen LogP contribution < -0.4 is 10.1 Å². The topological polar surface area (TPSA) is 57.4 Å². The molecule has 1 atom stereocenters. The zero-order valence-electron chi connectivity index (χ0n) is 12.1. The molecule has 0 unspecified atom stereocenters. The van der Waals surface area contributed by atoms with Crippen molar-refractivity contribution in [1.82, 2.24) is 5.32 Å². The number of para-hydroxylation sites is 1. The summed E-state index contributed by atoms with van der Waals surface area (Å²) < 4.78 is 5.74. The second-order valence-corrected chi connectivity index (χ2v) is 4.61. The maximum absolute atomic E-state index is 8.54. The molecule has 0 fully saturated rings. The van der Waals surface area contributed by atoms with Crippen LogP contribution in [0.4, 0.5) is 0 Å². The van der Waals surface area contributed by atoms with Gasteiger partial charge in [0.25, 0.3) is 0 Å². The van der Waals surface area contributed by atoms with E-state index >= 15 is 0 Å². The van der Waals surface area contributed by atoms with Crippen molar-refractivity contribution < 1.29 is 4.74 Å². The minimum Gasteiger partial charge on any atom is -0.457 e. The number of amidine groups is 1. The van der Waals surface area contributed by atoms with Crippen LogP contribution in [0.15, 0.2) is 59.6 Å². The Hall–Kier alpha value is -2.80. The number of hydrogen-bond donors (Lipinski definition) is 1. The zero-order valence-corrected chi connectivity index (χ0v) is 12.1. The molecule has 0 aliphatic heterocycles. The number of nitrogens with one attached hydrogen (secondary N) is 1. The highest BCUT2D eigenvalue weighted by atomic mass is 16.5. The van der Waals surface area contributed by atoms with Crippen molar-refractivity contribution in [1.29, 1.82) is 5.26 Å². The van der Waals surface area contributed by atoms with E-state index in [9.17, 15) is 0 Å². The van der Waals surface area contributed by atoms with Crippen LogP contribution in [0.3, 0.4) is 0 Å². The Labute approximate surface area is 124 Å². The highest BCUT2D eigenvalue weighted by Crippen LogP contribution is 2.24. The molecule has 21 heavy (non-hydrogen) atoms. The fraction of sp³-hybridized carbons (Fsp3) is 0.176. The summed E-state index contributed by atoms with van der Waals surface area (Å²) in [6.07, 6.45) is 1.86. The molecule has 0 saturated heterocycles. The number of hydrogen-bond acceptors (Lipinski definition) is 3. The average Bonchev–Trinajstić information content (AvgIpc) is 2.49. The van der Waals surface area contributed by atoms with Crippen molar-refractivity contribution in [3.8, 4) is 17.7 Å². The maximum Gasteiger partial charge on any atom is 0.182 e. The smallest absolute Gasteiger partial charge is 0.182 e. The van der Waals surface area contributed by atoms with Gasteiger partial charge in [0.1, 0.15) is 17.3 Å². The second-order valence-electron chi connectivity index (χ2n) is 4.61. The van der Waals surface area contributed by atoms with Crippen LogP contribution in [-0.2, 0) is 0 Å². The quantitative estimate of drug-likeness (QED) is 0.398. The van der Waals surface area contributed by atoms with E-state index in [0.29, 0.717) is 5.84 Å². The monoisotopic (exact) mass is 279 g/mol. The molecule has 0 aliphatic carbocycles. The minimum absolute atomic E-state index is 0.0170. The summed E-state index contributed by atoms with van der Waals surface area (Å²) in [6, 6.07) is 17.4. The molecular formula is C17H17N3O. The molecule has 106 valence electrons. The molecule has 0 bridgehead atoms. The highest BCUT2D eigenvalue weighted by molar-refractivity contribution is 5.81. The molecule has 4 heteroatoms. The number of nitriles is 1. The highest BCUT2D eigenvalue weighted by Gasteiger charge is 2.05. The molecule has 0 radical (unpaired) electrons. The van der Waals surface area contributed by atoms with Crippen molar-refractivity contribution >= 4 is 5.84 Å². The molecule has 4 nitrogen and oxygen atoms in total. The molecule has 2 rings (SSSR count). The molecule has 0 aromatic heterocycles. The molecule has 0 heterocycles. The van der Waals surface area contributed by atoms with Gasteiger partial charge in [0.15, 0.2) is 6.19 Å². The summed E-state index contributed by atoms with van der Waals surface area (Å²) in [7, 11) is 0. The van der Waals surface area contributed by atoms with Gasteiger partial charge in [-0.2, -0.15) is 5.26 Å². The standard InChI is InChI=1S/C17H17N3O/c1-13(20-14(2)19-12-18)15-8-10-17(11-9-15)21-16-6-4-3-5-7-16/h3-11,13H,1-2H3,(H,19,20)/t13-/m1/s1. The lowest BCUT2D eigenvalue weighted by Crippen LogP contribution is -2.14. The number of aliphatic imine (C=N–C) groups is 1. The van der Waals surface area contributed by atoms with Gasteiger partial charge in [0.2, 0.25) is 0 Å². The van der Waals surface area contributed by atoms with E-state index < -0.39 is 0 Å². The summed E-state index contributed by atoms with van der Waals surface area (Å²) in [5.41, 5.74) is 1.06. The van der Waals surface area contributed by atoms with Gasteiger partial charge in [-0.25, -0.2) is 0 Å². The first-order valence-corrected chi connectivity index (χ1v) is 6.71. The van der Waals surface area contributed by atoms with Gasteiger partial charge >= 0.3 is 0 Å². The number of nitrogens with zero attached hydrogens (tertiary/aromatic N) is 2. The van der Waals surface area contributed by atoms with E-state index in [4.69, 9.17) is 10.00 Å². The van der Waals surface area contributed by atoms with Crippen LogP contribution in [0.2, 0.25) is 0 Å². The summed E-state index contributed by atoms with van der Waals surface area (Å²) in [5, 5.41) is 11.1. The summed E-state index contributed by atoms with van der Waals surface area (Å²) in [6.45, 7) is 3.75. The lowest BCUT2D eigenvalue weighted by molar-refractivity contribution is 0.482. The molecule has 2 aromatic carbocycles. The van der Waals surface area contributed by atoms with Crippen molar-refractivity contribution in [3.63, 3.8) is 0 Å². The fourth-order valence-electron chi connectivity index (χ4n) is 1.92. The van der Waals surface area contributed by atoms with Gasteiger partial charge in [-0.1, -0.05) is 30.3 Å². The minimum atomic E-state index is -0.0170. The van der Waals surface area contributed by atoms with Crippen LogP contribution in [0.25, 0.3) is 0 Å². The lowest BCUT2D eigenvalue weighted by Gasteiger charge is -2.10. The Balaban J connectivity index is 2.05. The van der Waals surface area contributed by atoms with Gasteiger partial charge in [0, 0.05) is 0 Å². The maximum atomic E-state index is 8.54.